The molecule has 1 heterocycles. The van der Waals surface area contributed by atoms with Gasteiger partial charge in [0.05, 0.1) is 5.41 Å². The highest BCUT2D eigenvalue weighted by Gasteiger charge is 2.42. The van der Waals surface area contributed by atoms with Crippen LogP contribution in [-0.4, -0.2) is 31.2 Å². The Morgan fingerprint density at radius 3 is 2.57 bits per heavy atom. The van der Waals surface area contributed by atoms with E-state index in [-0.39, 0.29) is 23.8 Å². The van der Waals surface area contributed by atoms with E-state index in [2.05, 4.69) is 5.32 Å². The molecule has 0 atom stereocenters. The predicted octanol–water partition coefficient (Wildman–Crippen LogP) is 2.26. The molecule has 23 heavy (non-hydrogen) atoms. The number of rotatable bonds is 3. The van der Waals surface area contributed by atoms with Gasteiger partial charge in [0.2, 0.25) is 5.91 Å². The van der Waals surface area contributed by atoms with E-state index in [1.54, 1.807) is 6.07 Å². The summed E-state index contributed by atoms with van der Waals surface area (Å²) < 4.78 is 19.1. The molecule has 5 heteroatoms. The lowest BCUT2D eigenvalue weighted by atomic mass is 9.73. The van der Waals surface area contributed by atoms with Gasteiger partial charge >= 0.3 is 0 Å². The van der Waals surface area contributed by atoms with Crippen LogP contribution < -0.4 is 11.1 Å². The molecule has 2 aliphatic rings. The molecule has 2 fully saturated rings. The van der Waals surface area contributed by atoms with E-state index in [9.17, 15) is 9.18 Å². The fraction of sp³-hybridized carbons (Fsp3) is 0.611. The number of halogens is 1. The summed E-state index contributed by atoms with van der Waals surface area (Å²) in [6.07, 6.45) is 4.91. The molecule has 1 aromatic carbocycles. The predicted molar refractivity (Wildman–Crippen MR) is 86.5 cm³/mol. The fourth-order valence-corrected chi connectivity index (χ4v) is 3.74. The van der Waals surface area contributed by atoms with Crippen LogP contribution in [0.25, 0.3) is 0 Å². The van der Waals surface area contributed by atoms with E-state index in [1.165, 1.54) is 12.1 Å². The summed E-state index contributed by atoms with van der Waals surface area (Å²) >= 11 is 0. The summed E-state index contributed by atoms with van der Waals surface area (Å²) in [4.78, 5) is 13.1. The number of hydrogen-bond donors (Lipinski definition) is 2. The van der Waals surface area contributed by atoms with Crippen LogP contribution >= 0.6 is 0 Å². The maximum absolute atomic E-state index is 13.7. The number of hydrogen-bond acceptors (Lipinski definition) is 3. The van der Waals surface area contributed by atoms with Crippen molar-refractivity contribution in [2.45, 2.75) is 56.0 Å². The minimum atomic E-state index is -0.681. The lowest BCUT2D eigenvalue weighted by molar-refractivity contribution is -0.131. The highest BCUT2D eigenvalue weighted by atomic mass is 19.1. The zero-order chi connectivity index (χ0) is 16.3. The molecular weight excluding hydrogens is 295 g/mol. The topological polar surface area (TPSA) is 64.3 Å². The van der Waals surface area contributed by atoms with Gasteiger partial charge in [-0.1, -0.05) is 12.1 Å². The lowest BCUT2D eigenvalue weighted by Crippen LogP contribution is -2.52. The second kappa shape index (κ2) is 6.97. The molecule has 1 saturated heterocycles. The van der Waals surface area contributed by atoms with Crippen molar-refractivity contribution in [3.8, 4) is 0 Å². The molecule has 0 spiro atoms. The van der Waals surface area contributed by atoms with Crippen molar-refractivity contribution >= 4 is 5.91 Å². The molecule has 0 radical (unpaired) electrons. The average Bonchev–Trinajstić information content (AvgIpc) is 2.57. The van der Waals surface area contributed by atoms with Crippen LogP contribution in [0.4, 0.5) is 4.39 Å². The zero-order valence-electron chi connectivity index (χ0n) is 13.4. The normalized spacial score (nSPS) is 27.4. The van der Waals surface area contributed by atoms with Gasteiger partial charge in [0.15, 0.2) is 0 Å². The summed E-state index contributed by atoms with van der Waals surface area (Å²) in [7, 11) is 0. The van der Waals surface area contributed by atoms with E-state index in [0.29, 0.717) is 26.1 Å². The first kappa shape index (κ1) is 16.4. The monoisotopic (exact) mass is 320 g/mol. The first-order valence-electron chi connectivity index (χ1n) is 8.50. The maximum atomic E-state index is 13.7. The van der Waals surface area contributed by atoms with Crippen LogP contribution in [0.3, 0.4) is 0 Å². The van der Waals surface area contributed by atoms with Crippen molar-refractivity contribution in [3.05, 3.63) is 35.6 Å². The molecule has 3 N–H and O–H groups in total. The average molecular weight is 320 g/mol. The summed E-state index contributed by atoms with van der Waals surface area (Å²) in [5.41, 5.74) is 6.01. The molecular formula is C18H25FN2O2. The van der Waals surface area contributed by atoms with Gasteiger partial charge in [0, 0.05) is 25.3 Å². The molecule has 0 aromatic heterocycles. The van der Waals surface area contributed by atoms with E-state index < -0.39 is 5.41 Å². The van der Waals surface area contributed by atoms with Crippen LogP contribution in [0.5, 0.6) is 0 Å². The number of nitrogens with one attached hydrogen (secondary N) is 1. The second-order valence-corrected chi connectivity index (χ2v) is 6.79. The van der Waals surface area contributed by atoms with Crippen LogP contribution in [0.1, 0.15) is 44.1 Å². The SMILES string of the molecule is NC1CCC(NC(=O)C2(c3cccc(F)c3)CCOCC2)CC1. The van der Waals surface area contributed by atoms with Gasteiger partial charge in [-0.25, -0.2) is 4.39 Å². The highest BCUT2D eigenvalue weighted by Crippen LogP contribution is 2.36. The number of carbonyl (C=O) groups is 1. The number of ether oxygens (including phenoxy) is 1. The third-order valence-electron chi connectivity index (χ3n) is 5.27. The molecule has 126 valence electrons. The summed E-state index contributed by atoms with van der Waals surface area (Å²) in [5.74, 6) is -0.295. The van der Waals surface area contributed by atoms with Crippen LogP contribution in [0.15, 0.2) is 24.3 Å². The maximum Gasteiger partial charge on any atom is 0.231 e. The van der Waals surface area contributed by atoms with E-state index >= 15 is 0 Å². The van der Waals surface area contributed by atoms with Gasteiger partial charge < -0.3 is 15.8 Å². The Bertz CT molecular complexity index is 550. The third kappa shape index (κ3) is 3.56. The second-order valence-electron chi connectivity index (χ2n) is 6.79. The van der Waals surface area contributed by atoms with E-state index in [1.807, 2.05) is 6.07 Å². The van der Waals surface area contributed by atoms with E-state index in [0.717, 1.165) is 31.2 Å². The quantitative estimate of drug-likeness (QED) is 0.898. The molecule has 4 nitrogen and oxygen atoms in total. The Hall–Kier alpha value is -1.46. The van der Waals surface area contributed by atoms with Gasteiger partial charge in [-0.05, 0) is 56.2 Å². The third-order valence-corrected chi connectivity index (χ3v) is 5.27. The molecule has 1 aromatic rings. The first-order chi connectivity index (χ1) is 11.1. The number of carbonyl (C=O) groups excluding carboxylic acids is 1. The molecule has 0 bridgehead atoms. The number of nitrogens with two attached hydrogens (primary N) is 1. The minimum absolute atomic E-state index is 0.00636. The van der Waals surface area contributed by atoms with Gasteiger partial charge in [-0.2, -0.15) is 0 Å². The van der Waals surface area contributed by atoms with Gasteiger partial charge in [0.1, 0.15) is 5.82 Å². The summed E-state index contributed by atoms with van der Waals surface area (Å²) in [6, 6.07) is 6.86. The molecule has 0 unspecified atom stereocenters. The highest BCUT2D eigenvalue weighted by molar-refractivity contribution is 5.88. The van der Waals surface area contributed by atoms with Crippen molar-refractivity contribution in [3.63, 3.8) is 0 Å². The molecule has 1 aliphatic heterocycles. The zero-order valence-corrected chi connectivity index (χ0v) is 13.4. The van der Waals surface area contributed by atoms with Crippen molar-refractivity contribution in [1.29, 1.82) is 0 Å². The molecule has 1 aliphatic carbocycles. The Kier molecular flexibility index (Phi) is 4.97. The van der Waals surface area contributed by atoms with Crippen LogP contribution in [0.2, 0.25) is 0 Å². The van der Waals surface area contributed by atoms with Crippen molar-refractivity contribution in [2.24, 2.45) is 5.73 Å². The van der Waals surface area contributed by atoms with Gasteiger partial charge in [-0.3, -0.25) is 4.79 Å². The Morgan fingerprint density at radius 1 is 1.22 bits per heavy atom. The number of amides is 1. The molecule has 1 amide bonds. The summed E-state index contributed by atoms with van der Waals surface area (Å²) in [6.45, 7) is 1.05. The smallest absolute Gasteiger partial charge is 0.231 e. The Balaban J connectivity index is 1.79. The molecule has 1 saturated carbocycles. The van der Waals surface area contributed by atoms with Crippen molar-refractivity contribution in [2.75, 3.05) is 13.2 Å². The number of benzene rings is 1. The molecule has 3 rings (SSSR count). The van der Waals surface area contributed by atoms with E-state index in [4.69, 9.17) is 10.5 Å². The van der Waals surface area contributed by atoms with Gasteiger partial charge in [0.25, 0.3) is 0 Å². The Labute approximate surface area is 136 Å². The standard InChI is InChI=1S/C18H25FN2O2/c19-14-3-1-2-13(12-14)18(8-10-23-11-9-18)17(22)21-16-6-4-15(20)5-7-16/h1-3,12,15-16H,4-11,20H2,(H,21,22). The summed E-state index contributed by atoms with van der Waals surface area (Å²) in [5, 5.41) is 3.20. The lowest BCUT2D eigenvalue weighted by Gasteiger charge is -2.38. The largest absolute Gasteiger partial charge is 0.381 e. The fourth-order valence-electron chi connectivity index (χ4n) is 3.74. The van der Waals surface area contributed by atoms with Crippen molar-refractivity contribution in [1.82, 2.24) is 5.32 Å². The van der Waals surface area contributed by atoms with Crippen LogP contribution in [0, 0.1) is 5.82 Å². The van der Waals surface area contributed by atoms with Crippen molar-refractivity contribution < 1.29 is 13.9 Å². The van der Waals surface area contributed by atoms with Crippen LogP contribution in [-0.2, 0) is 14.9 Å². The van der Waals surface area contributed by atoms with Gasteiger partial charge in [-0.15, -0.1) is 0 Å². The minimum Gasteiger partial charge on any atom is -0.381 e. The first-order valence-corrected chi connectivity index (χ1v) is 8.50. The Morgan fingerprint density at radius 2 is 1.91 bits per heavy atom.